The monoisotopic (exact) mass is 607 g/mol. The van der Waals surface area contributed by atoms with Crippen LogP contribution < -0.4 is 10.6 Å². The fraction of sp³-hybridized carbons (Fsp3) is 0.707. The van der Waals surface area contributed by atoms with Crippen molar-refractivity contribution in [3.63, 3.8) is 0 Å². The molecule has 250 valence electrons. The van der Waals surface area contributed by atoms with E-state index in [9.17, 15) is 0 Å². The summed E-state index contributed by atoms with van der Waals surface area (Å²) in [6.45, 7) is 15.8. The van der Waals surface area contributed by atoms with Gasteiger partial charge >= 0.3 is 0 Å². The normalized spacial score (nSPS) is 14.8. The van der Waals surface area contributed by atoms with Gasteiger partial charge in [-0.15, -0.1) is 0 Å². The minimum atomic E-state index is -0.328. The predicted octanol–water partition coefficient (Wildman–Crippen LogP) is 11.5. The zero-order valence-electron chi connectivity index (χ0n) is 29.8. The van der Waals surface area contributed by atoms with Crippen LogP contribution in [-0.2, 0) is 17.8 Å². The molecule has 0 spiro atoms. The summed E-state index contributed by atoms with van der Waals surface area (Å²) in [6.07, 6.45) is 22.1. The molecule has 3 atom stereocenters. The maximum atomic E-state index is 7.44. The first-order valence-corrected chi connectivity index (χ1v) is 18.7. The molecule has 0 fully saturated rings. The van der Waals surface area contributed by atoms with E-state index < -0.39 is 0 Å². The molecule has 2 rings (SSSR count). The summed E-state index contributed by atoms with van der Waals surface area (Å²) in [5.74, 6) is 0. The van der Waals surface area contributed by atoms with Gasteiger partial charge in [-0.2, -0.15) is 0 Å². The van der Waals surface area contributed by atoms with Gasteiger partial charge in [-0.05, 0) is 50.2 Å². The van der Waals surface area contributed by atoms with Gasteiger partial charge in [0.25, 0.3) is 0 Å². The van der Waals surface area contributed by atoms with Gasteiger partial charge in [0.1, 0.15) is 5.60 Å². The van der Waals surface area contributed by atoms with Crippen molar-refractivity contribution < 1.29 is 4.74 Å². The molecular formula is C41H70N2O. The molecule has 2 aromatic carbocycles. The number of unbranched alkanes of at least 4 members (excludes halogenated alkanes) is 11. The van der Waals surface area contributed by atoms with Crippen molar-refractivity contribution in [2.24, 2.45) is 0 Å². The Bertz CT molecular complexity index is 928. The molecule has 2 N–H and O–H groups in total. The summed E-state index contributed by atoms with van der Waals surface area (Å²) < 4.78 is 7.44. The van der Waals surface area contributed by atoms with Crippen molar-refractivity contribution in [1.29, 1.82) is 0 Å². The molecule has 2 aromatic rings. The van der Waals surface area contributed by atoms with Crippen molar-refractivity contribution in [2.45, 2.75) is 187 Å². The van der Waals surface area contributed by atoms with E-state index in [-0.39, 0.29) is 23.3 Å². The third kappa shape index (κ3) is 12.6. The van der Waals surface area contributed by atoms with E-state index in [0.29, 0.717) is 0 Å². The Balaban J connectivity index is 2.06. The van der Waals surface area contributed by atoms with Gasteiger partial charge in [0.2, 0.25) is 0 Å². The van der Waals surface area contributed by atoms with E-state index >= 15 is 0 Å². The average molecular weight is 607 g/mol. The number of hydrogen-bond acceptors (Lipinski definition) is 3. The lowest BCUT2D eigenvalue weighted by Gasteiger charge is -2.55. The second-order valence-corrected chi connectivity index (χ2v) is 13.3. The molecule has 0 aliphatic heterocycles. The molecule has 0 heterocycles. The average Bonchev–Trinajstić information content (AvgIpc) is 3.06. The summed E-state index contributed by atoms with van der Waals surface area (Å²) in [4.78, 5) is 0. The number of ether oxygens (including phenoxy) is 1. The highest BCUT2D eigenvalue weighted by atomic mass is 16.5. The van der Waals surface area contributed by atoms with E-state index in [4.69, 9.17) is 4.74 Å². The fourth-order valence-corrected chi connectivity index (χ4v) is 7.48. The standard InChI is InChI=1S/C41H70N2O/c1-7-12-13-14-15-16-17-18-19-20-21-24-29-36(6)44-41(11-5,39(8-2)42-34-37-30-25-22-26-31-37)40(9-3,10-4)43-35-38-32-27-23-28-33-38/h22-23,25-28,30-33,36,39,42-43H,7-21,24,29,34-35H2,1-6H3. The minimum Gasteiger partial charge on any atom is -0.369 e. The SMILES string of the molecule is CCCCCCCCCCCCCCC(C)OC(CC)(C(CC)NCc1ccccc1)C(CC)(CC)NCc1ccccc1. The first-order valence-electron chi connectivity index (χ1n) is 18.7. The van der Waals surface area contributed by atoms with E-state index in [1.165, 1.54) is 88.2 Å². The third-order valence-corrected chi connectivity index (χ3v) is 10.3. The van der Waals surface area contributed by atoms with Crippen LogP contribution in [0.1, 0.15) is 162 Å². The van der Waals surface area contributed by atoms with E-state index in [1.807, 2.05) is 0 Å². The van der Waals surface area contributed by atoms with Gasteiger partial charge in [0, 0.05) is 24.7 Å². The topological polar surface area (TPSA) is 33.3 Å². The van der Waals surface area contributed by atoms with Crippen molar-refractivity contribution in [2.75, 3.05) is 0 Å². The van der Waals surface area contributed by atoms with Gasteiger partial charge < -0.3 is 15.4 Å². The lowest BCUT2D eigenvalue weighted by Crippen LogP contribution is -2.71. The minimum absolute atomic E-state index is 0.146. The van der Waals surface area contributed by atoms with Crippen LogP contribution in [-0.4, -0.2) is 23.3 Å². The largest absolute Gasteiger partial charge is 0.369 e. The van der Waals surface area contributed by atoms with Crippen LogP contribution in [0.3, 0.4) is 0 Å². The number of benzene rings is 2. The van der Waals surface area contributed by atoms with Crippen LogP contribution in [0.25, 0.3) is 0 Å². The molecule has 0 saturated heterocycles. The van der Waals surface area contributed by atoms with Gasteiger partial charge in [-0.3, -0.25) is 0 Å². The first-order chi connectivity index (χ1) is 21.5. The fourth-order valence-electron chi connectivity index (χ4n) is 7.48. The second kappa shape index (κ2) is 22.8. The Labute approximate surface area is 273 Å². The molecule has 44 heavy (non-hydrogen) atoms. The molecule has 0 aromatic heterocycles. The van der Waals surface area contributed by atoms with Crippen molar-refractivity contribution in [3.05, 3.63) is 71.8 Å². The van der Waals surface area contributed by atoms with Gasteiger partial charge in [0.05, 0.1) is 6.10 Å². The summed E-state index contributed by atoms with van der Waals surface area (Å²) in [7, 11) is 0. The number of rotatable bonds is 27. The maximum absolute atomic E-state index is 7.44. The highest BCUT2D eigenvalue weighted by Gasteiger charge is 2.53. The first kappa shape index (κ1) is 38.5. The summed E-state index contributed by atoms with van der Waals surface area (Å²) in [5, 5.41) is 8.11. The van der Waals surface area contributed by atoms with Crippen LogP contribution in [0.4, 0.5) is 0 Å². The molecule has 3 nitrogen and oxygen atoms in total. The highest BCUT2D eigenvalue weighted by molar-refractivity contribution is 5.18. The summed E-state index contributed by atoms with van der Waals surface area (Å²) >= 11 is 0. The zero-order chi connectivity index (χ0) is 31.9. The highest BCUT2D eigenvalue weighted by Crippen LogP contribution is 2.41. The molecule has 3 unspecified atom stereocenters. The van der Waals surface area contributed by atoms with Crippen LogP contribution in [0.2, 0.25) is 0 Å². The summed E-state index contributed by atoms with van der Waals surface area (Å²) in [5.41, 5.74) is 2.19. The van der Waals surface area contributed by atoms with Gasteiger partial charge in [0.15, 0.2) is 0 Å². The van der Waals surface area contributed by atoms with Crippen molar-refractivity contribution in [1.82, 2.24) is 10.6 Å². The molecule has 0 amide bonds. The molecule has 0 aliphatic rings. The number of hydrogen-bond donors (Lipinski definition) is 2. The molecule has 0 saturated carbocycles. The third-order valence-electron chi connectivity index (χ3n) is 10.3. The van der Waals surface area contributed by atoms with E-state index in [0.717, 1.165) is 45.2 Å². The van der Waals surface area contributed by atoms with Crippen LogP contribution in [0.5, 0.6) is 0 Å². The second-order valence-electron chi connectivity index (χ2n) is 13.3. The Kier molecular flexibility index (Phi) is 19.9. The quantitative estimate of drug-likeness (QED) is 0.0992. The number of nitrogens with one attached hydrogen (secondary N) is 2. The molecule has 0 radical (unpaired) electrons. The lowest BCUT2D eigenvalue weighted by molar-refractivity contribution is -0.169. The lowest BCUT2D eigenvalue weighted by atomic mass is 9.68. The summed E-state index contributed by atoms with van der Waals surface area (Å²) in [6, 6.07) is 21.9. The van der Waals surface area contributed by atoms with Crippen LogP contribution in [0, 0.1) is 0 Å². The Morgan fingerprint density at radius 3 is 1.52 bits per heavy atom. The van der Waals surface area contributed by atoms with Crippen LogP contribution in [0.15, 0.2) is 60.7 Å². The Hall–Kier alpha value is -1.68. The van der Waals surface area contributed by atoms with Gasteiger partial charge in [-0.25, -0.2) is 0 Å². The van der Waals surface area contributed by atoms with E-state index in [1.54, 1.807) is 0 Å². The molecule has 0 aliphatic carbocycles. The Morgan fingerprint density at radius 1 is 0.591 bits per heavy atom. The Morgan fingerprint density at radius 2 is 1.07 bits per heavy atom. The van der Waals surface area contributed by atoms with Crippen LogP contribution >= 0.6 is 0 Å². The van der Waals surface area contributed by atoms with Crippen molar-refractivity contribution in [3.8, 4) is 0 Å². The van der Waals surface area contributed by atoms with E-state index in [2.05, 4.69) is 113 Å². The van der Waals surface area contributed by atoms with Gasteiger partial charge in [-0.1, -0.05) is 172 Å². The molecule has 3 heteroatoms. The molecular weight excluding hydrogens is 536 g/mol. The smallest absolute Gasteiger partial charge is 0.102 e. The maximum Gasteiger partial charge on any atom is 0.102 e. The predicted molar refractivity (Wildman–Crippen MR) is 193 cm³/mol. The molecule has 0 bridgehead atoms. The zero-order valence-corrected chi connectivity index (χ0v) is 29.8. The van der Waals surface area contributed by atoms with Crippen molar-refractivity contribution >= 4 is 0 Å².